The molecule has 2 aromatic rings. The predicted molar refractivity (Wildman–Crippen MR) is 83.7 cm³/mol. The molecule has 0 aliphatic carbocycles. The molecule has 0 bridgehead atoms. The fourth-order valence-electron chi connectivity index (χ4n) is 1.98. The molecule has 0 heterocycles. The lowest BCUT2D eigenvalue weighted by molar-refractivity contribution is 0.0988. The molecule has 2 nitrogen and oxygen atoms in total. The molecule has 104 valence electrons. The number of Topliss-reactive ketones (excluding diaryl/α,β-unsaturated/α-hetero) is 1. The Labute approximate surface area is 124 Å². The van der Waals surface area contributed by atoms with Crippen molar-refractivity contribution < 1.29 is 9.53 Å². The smallest absolute Gasteiger partial charge is 0.176 e. The van der Waals surface area contributed by atoms with Gasteiger partial charge in [-0.1, -0.05) is 49.4 Å². The number of thioether (sulfide) groups is 1. The third-order valence-electron chi connectivity index (χ3n) is 3.06. The van der Waals surface area contributed by atoms with E-state index in [1.807, 2.05) is 61.5 Å². The first kappa shape index (κ1) is 14.7. The van der Waals surface area contributed by atoms with Gasteiger partial charge in [0, 0.05) is 5.56 Å². The topological polar surface area (TPSA) is 26.3 Å². The molecule has 3 heteroatoms. The lowest BCUT2D eigenvalue weighted by atomic mass is 10.1. The first-order chi connectivity index (χ1) is 9.76. The van der Waals surface area contributed by atoms with E-state index in [0.717, 1.165) is 22.6 Å². The number of para-hydroxylation sites is 1. The van der Waals surface area contributed by atoms with Gasteiger partial charge in [-0.3, -0.25) is 4.79 Å². The van der Waals surface area contributed by atoms with Crippen LogP contribution in [0.2, 0.25) is 0 Å². The fraction of sp³-hybridized carbons (Fsp3) is 0.235. The van der Waals surface area contributed by atoms with Crippen molar-refractivity contribution in [3.63, 3.8) is 0 Å². The molecule has 0 aliphatic rings. The maximum atomic E-state index is 12.5. The summed E-state index contributed by atoms with van der Waals surface area (Å²) in [6.45, 7) is 2.04. The summed E-state index contributed by atoms with van der Waals surface area (Å²) in [5, 5.41) is -0.0892. The summed E-state index contributed by atoms with van der Waals surface area (Å²) in [7, 11) is 1.65. The van der Waals surface area contributed by atoms with Crippen molar-refractivity contribution in [3.05, 3.63) is 60.2 Å². The van der Waals surface area contributed by atoms with E-state index in [9.17, 15) is 4.79 Å². The highest BCUT2D eigenvalue weighted by Gasteiger charge is 2.20. The van der Waals surface area contributed by atoms with Crippen LogP contribution >= 0.6 is 11.8 Å². The molecule has 20 heavy (non-hydrogen) atoms. The van der Waals surface area contributed by atoms with Crippen molar-refractivity contribution in [1.29, 1.82) is 0 Å². The number of methoxy groups -OCH3 is 1. The number of hydrogen-bond acceptors (Lipinski definition) is 3. The van der Waals surface area contributed by atoms with Gasteiger partial charge in [0.2, 0.25) is 0 Å². The highest BCUT2D eigenvalue weighted by atomic mass is 32.2. The van der Waals surface area contributed by atoms with Gasteiger partial charge in [0.05, 0.1) is 17.3 Å². The van der Waals surface area contributed by atoms with Gasteiger partial charge in [-0.2, -0.15) is 0 Å². The summed E-state index contributed by atoms with van der Waals surface area (Å²) in [4.78, 5) is 13.5. The van der Waals surface area contributed by atoms with Gasteiger partial charge in [0.25, 0.3) is 0 Å². The quantitative estimate of drug-likeness (QED) is 0.579. The number of ether oxygens (including phenoxy) is 1. The van der Waals surface area contributed by atoms with Crippen molar-refractivity contribution in [2.75, 3.05) is 7.11 Å². The molecule has 0 aromatic heterocycles. The van der Waals surface area contributed by atoms with E-state index in [2.05, 4.69) is 0 Å². The van der Waals surface area contributed by atoms with E-state index in [4.69, 9.17) is 4.74 Å². The Bertz CT molecular complexity index is 566. The van der Waals surface area contributed by atoms with Gasteiger partial charge < -0.3 is 4.74 Å². The second-order valence-electron chi connectivity index (χ2n) is 4.40. The largest absolute Gasteiger partial charge is 0.496 e. The van der Waals surface area contributed by atoms with E-state index < -0.39 is 0 Å². The normalized spacial score (nSPS) is 11.9. The van der Waals surface area contributed by atoms with Crippen LogP contribution in [-0.2, 0) is 0 Å². The zero-order chi connectivity index (χ0) is 14.4. The Balaban J connectivity index is 2.19. The minimum atomic E-state index is -0.0892. The van der Waals surface area contributed by atoms with Crippen LogP contribution in [0, 0.1) is 0 Å². The van der Waals surface area contributed by atoms with Gasteiger partial charge in [0.15, 0.2) is 5.78 Å². The molecule has 0 saturated heterocycles. The lowest BCUT2D eigenvalue weighted by Gasteiger charge is -2.15. The molecule has 2 rings (SSSR count). The number of rotatable bonds is 6. The third kappa shape index (κ3) is 3.42. The predicted octanol–water partition coefficient (Wildman–Crippen LogP) is 4.45. The summed E-state index contributed by atoms with van der Waals surface area (Å²) in [6, 6.07) is 17.3. The standard InChI is InChI=1S/C17H18O2S/c1-3-15(17(18)13-9-5-4-6-10-13)20-16-12-8-7-11-14(16)19-2/h4-12,15H,3H2,1-2H3. The monoisotopic (exact) mass is 286 g/mol. The van der Waals surface area contributed by atoms with E-state index in [1.165, 1.54) is 0 Å². The summed E-state index contributed by atoms with van der Waals surface area (Å²) in [5.74, 6) is 0.987. The summed E-state index contributed by atoms with van der Waals surface area (Å²) in [6.07, 6.45) is 0.788. The zero-order valence-electron chi connectivity index (χ0n) is 11.7. The summed E-state index contributed by atoms with van der Waals surface area (Å²) in [5.41, 5.74) is 0.766. The maximum Gasteiger partial charge on any atom is 0.176 e. The van der Waals surface area contributed by atoms with E-state index in [1.54, 1.807) is 18.9 Å². The number of carbonyl (C=O) groups is 1. The molecule has 1 unspecified atom stereocenters. The Hall–Kier alpha value is -1.74. The molecule has 0 fully saturated rings. The van der Waals surface area contributed by atoms with Crippen molar-refractivity contribution in [1.82, 2.24) is 0 Å². The molecule has 0 aliphatic heterocycles. The Morgan fingerprint density at radius 3 is 2.40 bits per heavy atom. The van der Waals surface area contributed by atoms with Crippen LogP contribution in [0.3, 0.4) is 0 Å². The minimum Gasteiger partial charge on any atom is -0.496 e. The Morgan fingerprint density at radius 2 is 1.75 bits per heavy atom. The van der Waals surface area contributed by atoms with Crippen LogP contribution in [0.4, 0.5) is 0 Å². The van der Waals surface area contributed by atoms with Gasteiger partial charge in [-0.05, 0) is 18.6 Å². The molecule has 0 amide bonds. The third-order valence-corrected chi connectivity index (χ3v) is 4.48. The van der Waals surface area contributed by atoms with Crippen LogP contribution in [0.1, 0.15) is 23.7 Å². The zero-order valence-corrected chi connectivity index (χ0v) is 12.5. The number of hydrogen-bond donors (Lipinski definition) is 0. The second kappa shape index (κ2) is 7.15. The SMILES string of the molecule is CCC(Sc1ccccc1OC)C(=O)c1ccccc1. The number of carbonyl (C=O) groups excluding carboxylic acids is 1. The van der Waals surface area contributed by atoms with Crippen molar-refractivity contribution >= 4 is 17.5 Å². The van der Waals surface area contributed by atoms with Crippen LogP contribution in [0.15, 0.2) is 59.5 Å². The molecular formula is C17H18O2S. The molecule has 2 aromatic carbocycles. The van der Waals surface area contributed by atoms with Crippen LogP contribution < -0.4 is 4.74 Å². The molecule has 0 radical (unpaired) electrons. The first-order valence-electron chi connectivity index (χ1n) is 6.65. The summed E-state index contributed by atoms with van der Waals surface area (Å²) >= 11 is 1.57. The Kier molecular flexibility index (Phi) is 5.24. The van der Waals surface area contributed by atoms with Gasteiger partial charge in [0.1, 0.15) is 5.75 Å². The fourth-order valence-corrected chi connectivity index (χ4v) is 3.12. The van der Waals surface area contributed by atoms with Crippen LogP contribution in [-0.4, -0.2) is 18.1 Å². The van der Waals surface area contributed by atoms with Gasteiger partial charge >= 0.3 is 0 Å². The number of benzene rings is 2. The van der Waals surface area contributed by atoms with Gasteiger partial charge in [-0.15, -0.1) is 11.8 Å². The van der Waals surface area contributed by atoms with Crippen molar-refractivity contribution in [2.45, 2.75) is 23.5 Å². The van der Waals surface area contributed by atoms with Gasteiger partial charge in [-0.25, -0.2) is 0 Å². The minimum absolute atomic E-state index is 0.0892. The maximum absolute atomic E-state index is 12.5. The molecule has 0 saturated carbocycles. The van der Waals surface area contributed by atoms with Crippen LogP contribution in [0.25, 0.3) is 0 Å². The van der Waals surface area contributed by atoms with E-state index >= 15 is 0 Å². The highest BCUT2D eigenvalue weighted by molar-refractivity contribution is 8.00. The molecule has 0 spiro atoms. The van der Waals surface area contributed by atoms with Crippen LogP contribution in [0.5, 0.6) is 5.75 Å². The highest BCUT2D eigenvalue weighted by Crippen LogP contribution is 2.34. The first-order valence-corrected chi connectivity index (χ1v) is 7.53. The Morgan fingerprint density at radius 1 is 1.10 bits per heavy atom. The van der Waals surface area contributed by atoms with Crippen molar-refractivity contribution in [3.8, 4) is 5.75 Å². The number of ketones is 1. The molecule has 0 N–H and O–H groups in total. The lowest BCUT2D eigenvalue weighted by Crippen LogP contribution is -2.16. The van der Waals surface area contributed by atoms with Crippen molar-refractivity contribution in [2.24, 2.45) is 0 Å². The average molecular weight is 286 g/mol. The molecule has 1 atom stereocenters. The average Bonchev–Trinajstić information content (AvgIpc) is 2.53. The van der Waals surface area contributed by atoms with E-state index in [-0.39, 0.29) is 11.0 Å². The molecular weight excluding hydrogens is 268 g/mol. The summed E-state index contributed by atoms with van der Waals surface area (Å²) < 4.78 is 5.34. The van der Waals surface area contributed by atoms with E-state index in [0.29, 0.717) is 0 Å². The second-order valence-corrected chi connectivity index (χ2v) is 5.64.